The first-order chi connectivity index (χ1) is 10.1. The van der Waals surface area contributed by atoms with Crippen molar-refractivity contribution in [1.29, 1.82) is 0 Å². The molecule has 1 aromatic carbocycles. The molecule has 1 aliphatic rings. The van der Waals surface area contributed by atoms with E-state index in [0.29, 0.717) is 12.5 Å². The van der Waals surface area contributed by atoms with Gasteiger partial charge in [-0.05, 0) is 30.0 Å². The first-order valence-corrected chi connectivity index (χ1v) is 7.40. The van der Waals surface area contributed by atoms with E-state index in [9.17, 15) is 4.79 Å². The Labute approximate surface area is 125 Å². The molecule has 4 heteroatoms. The van der Waals surface area contributed by atoms with Crippen LogP contribution in [-0.2, 0) is 11.3 Å². The maximum absolute atomic E-state index is 12.0. The van der Waals surface area contributed by atoms with E-state index >= 15 is 0 Å². The number of aromatic nitrogens is 1. The van der Waals surface area contributed by atoms with Gasteiger partial charge in [0, 0.05) is 31.9 Å². The van der Waals surface area contributed by atoms with Crippen molar-refractivity contribution >= 4 is 22.6 Å². The monoisotopic (exact) mass is 283 g/mol. The van der Waals surface area contributed by atoms with Crippen molar-refractivity contribution in [3.05, 3.63) is 35.9 Å². The van der Waals surface area contributed by atoms with E-state index in [1.807, 2.05) is 37.2 Å². The van der Waals surface area contributed by atoms with Gasteiger partial charge in [0.2, 0.25) is 5.91 Å². The number of pyridine rings is 1. The van der Waals surface area contributed by atoms with Crippen LogP contribution in [0.2, 0.25) is 0 Å². The molecule has 4 nitrogen and oxygen atoms in total. The lowest BCUT2D eigenvalue weighted by atomic mass is 10.1. The minimum absolute atomic E-state index is 0.176. The second-order valence-corrected chi connectivity index (χ2v) is 6.09. The Bertz CT molecular complexity index is 681. The summed E-state index contributed by atoms with van der Waals surface area (Å²) < 4.78 is 0. The zero-order valence-electron chi connectivity index (χ0n) is 12.8. The fourth-order valence-electron chi connectivity index (χ4n) is 2.61. The van der Waals surface area contributed by atoms with Gasteiger partial charge in [0.25, 0.3) is 0 Å². The molecule has 1 fully saturated rings. The average Bonchev–Trinajstić information content (AvgIpc) is 3.21. The second-order valence-electron chi connectivity index (χ2n) is 6.09. The Morgan fingerprint density at radius 1 is 1.38 bits per heavy atom. The van der Waals surface area contributed by atoms with E-state index in [-0.39, 0.29) is 11.8 Å². The average molecular weight is 283 g/mol. The number of fused-ring (bicyclic) bond motifs is 1. The third-order valence-electron chi connectivity index (χ3n) is 4.15. The Balaban J connectivity index is 1.87. The molecule has 1 aliphatic carbocycles. The molecule has 0 saturated heterocycles. The van der Waals surface area contributed by atoms with Gasteiger partial charge < -0.3 is 10.2 Å². The zero-order valence-corrected chi connectivity index (χ0v) is 12.8. The number of carbonyl (C=O) groups is 1. The van der Waals surface area contributed by atoms with Gasteiger partial charge in [-0.3, -0.25) is 4.79 Å². The summed E-state index contributed by atoms with van der Waals surface area (Å²) in [4.78, 5) is 18.6. The van der Waals surface area contributed by atoms with Crippen molar-refractivity contribution in [1.82, 2.24) is 10.3 Å². The molecule has 0 aliphatic heterocycles. The molecular formula is C17H21N3O. The van der Waals surface area contributed by atoms with Crippen molar-refractivity contribution in [3.63, 3.8) is 0 Å². The summed E-state index contributed by atoms with van der Waals surface area (Å²) in [6, 6.07) is 10.1. The van der Waals surface area contributed by atoms with Gasteiger partial charge in [0.1, 0.15) is 5.82 Å². The number of nitrogens with one attached hydrogen (secondary N) is 1. The van der Waals surface area contributed by atoms with Gasteiger partial charge in [-0.1, -0.05) is 25.1 Å². The summed E-state index contributed by atoms with van der Waals surface area (Å²) >= 11 is 0. The van der Waals surface area contributed by atoms with Crippen LogP contribution in [0.1, 0.15) is 18.9 Å². The highest BCUT2D eigenvalue weighted by molar-refractivity contribution is 5.85. The molecule has 2 atom stereocenters. The van der Waals surface area contributed by atoms with Crippen molar-refractivity contribution in [3.8, 4) is 0 Å². The number of hydrogen-bond acceptors (Lipinski definition) is 3. The fraction of sp³-hybridized carbons (Fsp3) is 0.412. The van der Waals surface area contributed by atoms with Crippen LogP contribution in [-0.4, -0.2) is 25.0 Å². The van der Waals surface area contributed by atoms with E-state index < -0.39 is 0 Å². The Kier molecular flexibility index (Phi) is 3.53. The zero-order chi connectivity index (χ0) is 15.0. The number of amides is 1. The molecule has 0 radical (unpaired) electrons. The van der Waals surface area contributed by atoms with Gasteiger partial charge >= 0.3 is 0 Å². The first-order valence-electron chi connectivity index (χ1n) is 7.40. The van der Waals surface area contributed by atoms with Crippen LogP contribution in [0, 0.1) is 11.8 Å². The standard InChI is InChI=1S/C17H21N3O/c1-11-8-14(11)17(21)18-10-12-9-16(20(2)3)19-15-7-5-4-6-13(12)15/h4-7,9,11,14H,8,10H2,1-3H3,(H,18,21)/t11-,14-/m0/s1. The van der Waals surface area contributed by atoms with E-state index in [1.54, 1.807) is 0 Å². The number of benzene rings is 1. The maximum Gasteiger partial charge on any atom is 0.223 e. The molecule has 110 valence electrons. The van der Waals surface area contributed by atoms with E-state index in [0.717, 1.165) is 28.7 Å². The smallest absolute Gasteiger partial charge is 0.223 e. The SMILES string of the molecule is C[C@H]1C[C@@H]1C(=O)NCc1cc(N(C)C)nc2ccccc12. The maximum atomic E-state index is 12.0. The second kappa shape index (κ2) is 5.35. The van der Waals surface area contributed by atoms with Crippen molar-refractivity contribution in [2.45, 2.75) is 19.9 Å². The highest BCUT2D eigenvalue weighted by Crippen LogP contribution is 2.37. The molecule has 21 heavy (non-hydrogen) atoms. The summed E-state index contributed by atoms with van der Waals surface area (Å²) in [6.07, 6.45) is 1.02. The largest absolute Gasteiger partial charge is 0.363 e. The third kappa shape index (κ3) is 2.84. The molecule has 1 N–H and O–H groups in total. The molecule has 0 bridgehead atoms. The predicted molar refractivity (Wildman–Crippen MR) is 85.2 cm³/mol. The third-order valence-corrected chi connectivity index (χ3v) is 4.15. The van der Waals surface area contributed by atoms with Crippen molar-refractivity contribution in [2.24, 2.45) is 11.8 Å². The lowest BCUT2D eigenvalue weighted by Crippen LogP contribution is -2.25. The molecule has 0 spiro atoms. The lowest BCUT2D eigenvalue weighted by Gasteiger charge is -2.15. The van der Waals surface area contributed by atoms with Gasteiger partial charge in [0.05, 0.1) is 5.52 Å². The van der Waals surface area contributed by atoms with Crippen LogP contribution in [0.4, 0.5) is 5.82 Å². The Morgan fingerprint density at radius 3 is 2.76 bits per heavy atom. The lowest BCUT2D eigenvalue weighted by molar-refractivity contribution is -0.122. The molecule has 1 saturated carbocycles. The normalized spacial score (nSPS) is 20.3. The Morgan fingerprint density at radius 2 is 2.10 bits per heavy atom. The highest BCUT2D eigenvalue weighted by Gasteiger charge is 2.38. The van der Waals surface area contributed by atoms with Crippen LogP contribution in [0.5, 0.6) is 0 Å². The van der Waals surface area contributed by atoms with Crippen LogP contribution in [0.3, 0.4) is 0 Å². The number of hydrogen-bond donors (Lipinski definition) is 1. The first kappa shape index (κ1) is 13.9. The summed E-state index contributed by atoms with van der Waals surface area (Å²) in [5.74, 6) is 1.84. The summed E-state index contributed by atoms with van der Waals surface area (Å²) in [5.41, 5.74) is 2.08. The number of anilines is 1. The van der Waals surface area contributed by atoms with E-state index in [4.69, 9.17) is 0 Å². The molecule has 2 aromatic rings. The van der Waals surface area contributed by atoms with Gasteiger partial charge in [0.15, 0.2) is 0 Å². The van der Waals surface area contributed by atoms with Gasteiger partial charge in [-0.15, -0.1) is 0 Å². The quantitative estimate of drug-likeness (QED) is 0.938. The fourth-order valence-corrected chi connectivity index (χ4v) is 2.61. The van der Waals surface area contributed by atoms with E-state index in [1.165, 1.54) is 0 Å². The summed E-state index contributed by atoms with van der Waals surface area (Å²) in [7, 11) is 3.96. The minimum atomic E-state index is 0.176. The molecule has 1 amide bonds. The molecule has 1 aromatic heterocycles. The highest BCUT2D eigenvalue weighted by atomic mass is 16.2. The van der Waals surface area contributed by atoms with Crippen LogP contribution < -0.4 is 10.2 Å². The number of carbonyl (C=O) groups excluding carboxylic acids is 1. The summed E-state index contributed by atoms with van der Waals surface area (Å²) in [6.45, 7) is 2.68. The Hall–Kier alpha value is -2.10. The van der Waals surface area contributed by atoms with Crippen molar-refractivity contribution < 1.29 is 4.79 Å². The van der Waals surface area contributed by atoms with Crippen LogP contribution in [0.15, 0.2) is 30.3 Å². The van der Waals surface area contributed by atoms with Crippen LogP contribution in [0.25, 0.3) is 10.9 Å². The van der Waals surface area contributed by atoms with Gasteiger partial charge in [-0.25, -0.2) is 4.98 Å². The summed E-state index contributed by atoms with van der Waals surface area (Å²) in [5, 5.41) is 4.17. The molecular weight excluding hydrogens is 262 g/mol. The number of para-hydroxylation sites is 1. The molecule has 3 rings (SSSR count). The van der Waals surface area contributed by atoms with Crippen LogP contribution >= 0.6 is 0 Å². The minimum Gasteiger partial charge on any atom is -0.363 e. The molecule has 0 unspecified atom stereocenters. The number of nitrogens with zero attached hydrogens (tertiary/aromatic N) is 2. The molecule has 1 heterocycles. The predicted octanol–water partition coefficient (Wildman–Crippen LogP) is 2.57. The van der Waals surface area contributed by atoms with E-state index in [2.05, 4.69) is 29.4 Å². The van der Waals surface area contributed by atoms with Gasteiger partial charge in [-0.2, -0.15) is 0 Å². The number of rotatable bonds is 4. The topological polar surface area (TPSA) is 45.2 Å². The van der Waals surface area contributed by atoms with Crippen molar-refractivity contribution in [2.75, 3.05) is 19.0 Å².